The van der Waals surface area contributed by atoms with Gasteiger partial charge in [-0.1, -0.05) is 90.2 Å². The number of ether oxygens (including phenoxy) is 2. The van der Waals surface area contributed by atoms with Gasteiger partial charge in [0.15, 0.2) is 4.80 Å². The van der Waals surface area contributed by atoms with E-state index in [1.54, 1.807) is 25.3 Å². The van der Waals surface area contributed by atoms with E-state index in [1.807, 2.05) is 65.2 Å². The lowest BCUT2D eigenvalue weighted by Gasteiger charge is -2.31. The van der Waals surface area contributed by atoms with Gasteiger partial charge in [-0.2, -0.15) is 0 Å². The van der Waals surface area contributed by atoms with Crippen molar-refractivity contribution in [3.63, 3.8) is 0 Å². The monoisotopic (exact) mass is 574 g/mol. The quantitative estimate of drug-likeness (QED) is 0.248. The molecule has 0 saturated carbocycles. The first-order valence-electron chi connectivity index (χ1n) is 13.8. The van der Waals surface area contributed by atoms with Crippen LogP contribution < -0.4 is 24.4 Å². The van der Waals surface area contributed by atoms with E-state index in [0.717, 1.165) is 46.6 Å². The van der Waals surface area contributed by atoms with Crippen LogP contribution >= 0.6 is 11.3 Å². The molecule has 5 nitrogen and oxygen atoms in total. The molecular weight excluding hydrogens is 547 g/mol. The van der Waals surface area contributed by atoms with E-state index in [4.69, 9.17) is 14.5 Å². The van der Waals surface area contributed by atoms with E-state index in [0.29, 0.717) is 20.6 Å². The minimum absolute atomic E-state index is 0.0821. The molecule has 7 rings (SSSR count). The minimum atomic E-state index is -0.338. The van der Waals surface area contributed by atoms with Crippen LogP contribution in [-0.4, -0.2) is 11.7 Å². The molecule has 0 N–H and O–H groups in total. The Bertz CT molecular complexity index is 2040. The largest absolute Gasteiger partial charge is 0.496 e. The highest BCUT2D eigenvalue weighted by Gasteiger charge is 2.34. The second-order valence-corrected chi connectivity index (χ2v) is 11.3. The lowest BCUT2D eigenvalue weighted by Crippen LogP contribution is -2.39. The van der Waals surface area contributed by atoms with Crippen molar-refractivity contribution in [2.75, 3.05) is 7.11 Å². The van der Waals surface area contributed by atoms with E-state index in [9.17, 15) is 9.18 Å². The topological polar surface area (TPSA) is 52.8 Å². The fourth-order valence-electron chi connectivity index (χ4n) is 5.83. The molecule has 1 aliphatic heterocycles. The highest BCUT2D eigenvalue weighted by molar-refractivity contribution is 7.07. The molecule has 2 aliphatic rings. The number of aromatic nitrogens is 1. The molecule has 2 heterocycles. The Kier molecular flexibility index (Phi) is 6.80. The second kappa shape index (κ2) is 10.9. The summed E-state index contributed by atoms with van der Waals surface area (Å²) in [5, 5.41) is 0. The van der Waals surface area contributed by atoms with Crippen LogP contribution in [0.4, 0.5) is 4.39 Å². The second-order valence-electron chi connectivity index (χ2n) is 10.3. The van der Waals surface area contributed by atoms with Gasteiger partial charge in [0.05, 0.1) is 23.4 Å². The van der Waals surface area contributed by atoms with Crippen LogP contribution in [-0.2, 0) is 13.0 Å². The summed E-state index contributed by atoms with van der Waals surface area (Å²) in [6.45, 7) is 0.0821. The summed E-state index contributed by atoms with van der Waals surface area (Å²) in [5.41, 5.74) is 6.45. The highest BCUT2D eigenvalue weighted by atomic mass is 32.1. The molecule has 7 heteroatoms. The zero-order valence-corrected chi connectivity index (χ0v) is 23.7. The summed E-state index contributed by atoms with van der Waals surface area (Å²) in [5.74, 6) is 0.989. The molecule has 1 aliphatic carbocycles. The Balaban J connectivity index is 1.38. The molecule has 0 fully saturated rings. The zero-order chi connectivity index (χ0) is 28.6. The molecule has 4 aromatic carbocycles. The fraction of sp³-hybridized carbons (Fsp3) is 0.143. The van der Waals surface area contributed by atoms with Crippen molar-refractivity contribution in [3.8, 4) is 11.5 Å². The Labute approximate surface area is 246 Å². The Morgan fingerprint density at radius 3 is 2.52 bits per heavy atom. The van der Waals surface area contributed by atoms with Gasteiger partial charge in [-0.25, -0.2) is 9.38 Å². The molecule has 1 aromatic heterocycles. The summed E-state index contributed by atoms with van der Waals surface area (Å²) in [6, 6.07) is 30.0. The SMILES string of the molecule is COc1ccccc1[C@H]1C2=C(N=c3s/c(=C/c4ccccc4OCc4ccccc4F)c(=O)n31)c1ccccc1CC2. The van der Waals surface area contributed by atoms with E-state index >= 15 is 0 Å². The lowest BCUT2D eigenvalue weighted by molar-refractivity contribution is 0.299. The van der Waals surface area contributed by atoms with Gasteiger partial charge in [0.2, 0.25) is 0 Å². The summed E-state index contributed by atoms with van der Waals surface area (Å²) in [7, 11) is 1.66. The molecule has 208 valence electrons. The van der Waals surface area contributed by atoms with Gasteiger partial charge in [-0.3, -0.25) is 9.36 Å². The predicted molar refractivity (Wildman–Crippen MR) is 163 cm³/mol. The molecule has 0 radical (unpaired) electrons. The van der Waals surface area contributed by atoms with Crippen molar-refractivity contribution in [2.24, 2.45) is 4.99 Å². The number of allylic oxidation sites excluding steroid dienone is 1. The zero-order valence-electron chi connectivity index (χ0n) is 22.9. The molecule has 1 atom stereocenters. The van der Waals surface area contributed by atoms with E-state index < -0.39 is 0 Å². The molecule has 0 saturated heterocycles. The summed E-state index contributed by atoms with van der Waals surface area (Å²) < 4.78 is 28.4. The van der Waals surface area contributed by atoms with E-state index in [1.165, 1.54) is 23.0 Å². The smallest absolute Gasteiger partial charge is 0.271 e. The van der Waals surface area contributed by atoms with Gasteiger partial charge in [0, 0.05) is 22.3 Å². The van der Waals surface area contributed by atoms with Crippen molar-refractivity contribution in [1.29, 1.82) is 0 Å². The number of benzene rings is 4. The van der Waals surface area contributed by atoms with Gasteiger partial charge in [0.25, 0.3) is 5.56 Å². The van der Waals surface area contributed by atoms with Crippen molar-refractivity contribution < 1.29 is 13.9 Å². The third-order valence-corrected chi connectivity index (χ3v) is 8.84. The number of thiazole rings is 1. The average Bonchev–Trinajstić information content (AvgIpc) is 3.34. The maximum absolute atomic E-state index is 14.2. The van der Waals surface area contributed by atoms with Crippen LogP contribution in [0.15, 0.2) is 112 Å². The highest BCUT2D eigenvalue weighted by Crippen LogP contribution is 2.43. The van der Waals surface area contributed by atoms with Crippen LogP contribution in [0.1, 0.15) is 40.3 Å². The Hall–Kier alpha value is -4.75. The standard InChI is InChI=1S/C35H27FN2O3S/c1-40-30-17-9-6-14-26(30)33-27-19-18-22-10-2-5-13-25(22)32(27)37-35-38(33)34(39)31(42-35)20-23-11-4-8-16-29(23)41-21-24-12-3-7-15-28(24)36/h2-17,20,33H,18-19,21H2,1H3/b31-20+/t33-/m0/s1. The number of aryl methyl sites for hydroxylation is 1. The maximum Gasteiger partial charge on any atom is 0.271 e. The van der Waals surface area contributed by atoms with Crippen molar-refractivity contribution in [3.05, 3.63) is 156 Å². The first-order chi connectivity index (χ1) is 20.6. The van der Waals surface area contributed by atoms with E-state index in [2.05, 4.69) is 18.2 Å². The molecule has 5 aromatic rings. The van der Waals surface area contributed by atoms with Crippen LogP contribution in [0.2, 0.25) is 0 Å². The van der Waals surface area contributed by atoms with Crippen molar-refractivity contribution in [1.82, 2.24) is 4.57 Å². The normalized spacial score (nSPS) is 15.9. The Morgan fingerprint density at radius 2 is 1.67 bits per heavy atom. The number of methoxy groups -OCH3 is 1. The number of halogens is 1. The maximum atomic E-state index is 14.2. The number of nitrogens with zero attached hydrogens (tertiary/aromatic N) is 2. The van der Waals surface area contributed by atoms with Crippen molar-refractivity contribution in [2.45, 2.75) is 25.5 Å². The first-order valence-corrected chi connectivity index (χ1v) is 14.7. The van der Waals surface area contributed by atoms with Gasteiger partial charge >= 0.3 is 0 Å². The van der Waals surface area contributed by atoms with Gasteiger partial charge < -0.3 is 9.47 Å². The van der Waals surface area contributed by atoms with Crippen LogP contribution in [0.5, 0.6) is 11.5 Å². The molecular formula is C35H27FN2O3S. The van der Waals surface area contributed by atoms with Crippen LogP contribution in [0.3, 0.4) is 0 Å². The number of hydrogen-bond acceptors (Lipinski definition) is 5. The summed E-state index contributed by atoms with van der Waals surface area (Å²) >= 11 is 1.36. The molecule has 0 amide bonds. The predicted octanol–water partition coefficient (Wildman–Crippen LogP) is 6.05. The first kappa shape index (κ1) is 26.2. The third kappa shape index (κ3) is 4.56. The number of fused-ring (bicyclic) bond motifs is 3. The Morgan fingerprint density at radius 1 is 0.929 bits per heavy atom. The summed E-state index contributed by atoms with van der Waals surface area (Å²) in [6.07, 6.45) is 3.53. The van der Waals surface area contributed by atoms with E-state index in [-0.39, 0.29) is 24.0 Å². The molecule has 0 unspecified atom stereocenters. The fourth-order valence-corrected chi connectivity index (χ4v) is 6.83. The summed E-state index contributed by atoms with van der Waals surface area (Å²) in [4.78, 5) is 19.9. The van der Waals surface area contributed by atoms with Gasteiger partial charge in [-0.15, -0.1) is 0 Å². The molecule has 42 heavy (non-hydrogen) atoms. The van der Waals surface area contributed by atoms with Crippen LogP contribution in [0.25, 0.3) is 11.8 Å². The van der Waals surface area contributed by atoms with Crippen LogP contribution in [0, 0.1) is 5.82 Å². The molecule has 0 bridgehead atoms. The third-order valence-electron chi connectivity index (χ3n) is 7.85. The number of rotatable bonds is 6. The van der Waals surface area contributed by atoms with Gasteiger partial charge in [0.1, 0.15) is 23.9 Å². The molecule has 0 spiro atoms. The average molecular weight is 575 g/mol. The minimum Gasteiger partial charge on any atom is -0.496 e. The van der Waals surface area contributed by atoms with Gasteiger partial charge in [-0.05, 0) is 48.3 Å². The van der Waals surface area contributed by atoms with Crippen molar-refractivity contribution >= 4 is 23.1 Å². The lowest BCUT2D eigenvalue weighted by atomic mass is 9.83. The number of para-hydroxylation sites is 2. The number of hydrogen-bond donors (Lipinski definition) is 0.